The molecule has 2 aliphatic rings. The summed E-state index contributed by atoms with van der Waals surface area (Å²) < 4.78 is 0. The highest BCUT2D eigenvalue weighted by Crippen LogP contribution is 2.39. The van der Waals surface area contributed by atoms with Crippen molar-refractivity contribution in [1.29, 1.82) is 0 Å². The van der Waals surface area contributed by atoms with E-state index in [9.17, 15) is 4.79 Å². The van der Waals surface area contributed by atoms with E-state index in [1.165, 1.54) is 22.9 Å². The van der Waals surface area contributed by atoms with Gasteiger partial charge >= 0.3 is 0 Å². The van der Waals surface area contributed by atoms with Crippen LogP contribution in [0.3, 0.4) is 0 Å². The first kappa shape index (κ1) is 21.5. The van der Waals surface area contributed by atoms with Crippen LogP contribution in [0.15, 0.2) is 47.6 Å². The second kappa shape index (κ2) is 8.23. The molecule has 0 fully saturated rings. The van der Waals surface area contributed by atoms with Gasteiger partial charge in [-0.05, 0) is 62.2 Å². The predicted octanol–water partition coefficient (Wildman–Crippen LogP) is 5.62. The van der Waals surface area contributed by atoms with Crippen molar-refractivity contribution in [3.63, 3.8) is 0 Å². The van der Waals surface area contributed by atoms with Gasteiger partial charge in [-0.15, -0.1) is 0 Å². The van der Waals surface area contributed by atoms with E-state index in [1.54, 1.807) is 29.3 Å². The first-order chi connectivity index (χ1) is 15.3. The maximum absolute atomic E-state index is 13.1. The lowest BCUT2D eigenvalue weighted by atomic mass is 9.85. The Morgan fingerprint density at radius 3 is 2.75 bits per heavy atom. The van der Waals surface area contributed by atoms with E-state index in [2.05, 4.69) is 46.6 Å². The van der Waals surface area contributed by atoms with Crippen LogP contribution in [0.5, 0.6) is 0 Å². The lowest BCUT2D eigenvalue weighted by Gasteiger charge is -2.34. The number of rotatable bonds is 3. The van der Waals surface area contributed by atoms with Crippen molar-refractivity contribution in [3.8, 4) is 0 Å². The van der Waals surface area contributed by atoms with E-state index in [0.29, 0.717) is 38.1 Å². The molecule has 2 N–H and O–H groups in total. The van der Waals surface area contributed by atoms with Gasteiger partial charge in [0.05, 0.1) is 27.2 Å². The second-order valence-corrected chi connectivity index (χ2v) is 10.0. The van der Waals surface area contributed by atoms with E-state index in [-0.39, 0.29) is 11.4 Å². The highest BCUT2D eigenvalue weighted by atomic mass is 35.5. The molecule has 32 heavy (non-hydrogen) atoms. The molecule has 3 aromatic rings. The number of fused-ring (bicyclic) bond motifs is 2. The molecule has 9 heteroatoms. The van der Waals surface area contributed by atoms with Gasteiger partial charge in [0.1, 0.15) is 5.03 Å². The Bertz CT molecular complexity index is 1210. The van der Waals surface area contributed by atoms with Gasteiger partial charge in [0.25, 0.3) is 5.91 Å². The lowest BCUT2D eigenvalue weighted by molar-refractivity contribution is 0.0985. The van der Waals surface area contributed by atoms with Crippen LogP contribution < -0.4 is 15.5 Å². The highest BCUT2D eigenvalue weighted by Gasteiger charge is 2.31. The zero-order valence-corrected chi connectivity index (χ0v) is 19.9. The van der Waals surface area contributed by atoms with Crippen LogP contribution in [-0.4, -0.2) is 28.3 Å². The van der Waals surface area contributed by atoms with Crippen molar-refractivity contribution >= 4 is 58.2 Å². The number of thioether (sulfide) groups is 1. The summed E-state index contributed by atoms with van der Waals surface area (Å²) in [6.45, 7) is 5.33. The van der Waals surface area contributed by atoms with Crippen molar-refractivity contribution in [2.24, 2.45) is 0 Å². The molecule has 0 atom stereocenters. The number of amides is 1. The smallest absolute Gasteiger partial charge is 0.263 e. The monoisotopic (exact) mass is 485 g/mol. The van der Waals surface area contributed by atoms with E-state index < -0.39 is 0 Å². The van der Waals surface area contributed by atoms with Gasteiger partial charge in [0, 0.05) is 17.4 Å². The summed E-state index contributed by atoms with van der Waals surface area (Å²) in [5.41, 5.74) is 4.45. The molecule has 0 bridgehead atoms. The minimum absolute atomic E-state index is 0.0398. The number of halogens is 2. The van der Waals surface area contributed by atoms with Crippen LogP contribution in [0.4, 0.5) is 17.3 Å². The molecule has 1 amide bonds. The summed E-state index contributed by atoms with van der Waals surface area (Å²) >= 11 is 14.1. The fourth-order valence-electron chi connectivity index (χ4n) is 4.15. The number of nitrogens with one attached hydrogen (secondary N) is 2. The van der Waals surface area contributed by atoms with E-state index >= 15 is 0 Å². The molecule has 0 aliphatic carbocycles. The van der Waals surface area contributed by atoms with Crippen molar-refractivity contribution in [2.75, 3.05) is 22.6 Å². The average Bonchev–Trinajstić information content (AvgIpc) is 2.75. The van der Waals surface area contributed by atoms with E-state index in [4.69, 9.17) is 23.2 Å². The second-order valence-electron chi connectivity index (χ2n) is 8.29. The lowest BCUT2D eigenvalue weighted by Crippen LogP contribution is -2.42. The van der Waals surface area contributed by atoms with Crippen molar-refractivity contribution in [1.82, 2.24) is 15.3 Å². The van der Waals surface area contributed by atoms with Crippen molar-refractivity contribution in [3.05, 3.63) is 69.3 Å². The summed E-state index contributed by atoms with van der Waals surface area (Å²) in [6, 6.07) is 11.5. The zero-order chi connectivity index (χ0) is 22.5. The Morgan fingerprint density at radius 2 is 1.97 bits per heavy atom. The summed E-state index contributed by atoms with van der Waals surface area (Å²) in [6.07, 6.45) is 2.53. The summed E-state index contributed by atoms with van der Waals surface area (Å²) in [5, 5.41) is 8.32. The minimum atomic E-state index is -0.219. The summed E-state index contributed by atoms with van der Waals surface area (Å²) in [7, 11) is 0. The maximum Gasteiger partial charge on any atom is 0.263 e. The van der Waals surface area contributed by atoms with Gasteiger partial charge in [-0.3, -0.25) is 9.69 Å². The topological polar surface area (TPSA) is 70.2 Å². The molecule has 2 aliphatic heterocycles. The van der Waals surface area contributed by atoms with Crippen LogP contribution in [-0.2, 0) is 12.0 Å². The van der Waals surface area contributed by atoms with Gasteiger partial charge in [0.15, 0.2) is 0 Å². The maximum atomic E-state index is 13.1. The number of para-hydroxylation sites is 1. The van der Waals surface area contributed by atoms with Crippen molar-refractivity contribution in [2.45, 2.75) is 30.8 Å². The third-order valence-corrected chi connectivity index (χ3v) is 7.35. The third kappa shape index (κ3) is 3.83. The molecule has 6 nitrogen and oxygen atoms in total. The molecule has 3 heterocycles. The Balaban J connectivity index is 1.40. The molecular formula is C23H21Cl2N5OS. The summed E-state index contributed by atoms with van der Waals surface area (Å²) in [4.78, 5) is 23.6. The molecule has 1 aromatic heterocycles. The summed E-state index contributed by atoms with van der Waals surface area (Å²) in [5.74, 6) is 0.609. The number of benzene rings is 2. The van der Waals surface area contributed by atoms with Crippen LogP contribution in [0.25, 0.3) is 0 Å². The number of carbonyl (C=O) groups is 1. The van der Waals surface area contributed by atoms with Crippen LogP contribution >= 0.6 is 35.0 Å². The molecular weight excluding hydrogens is 465 g/mol. The average molecular weight is 486 g/mol. The van der Waals surface area contributed by atoms with Gasteiger partial charge in [0.2, 0.25) is 5.95 Å². The third-order valence-electron chi connectivity index (χ3n) is 5.76. The molecule has 0 saturated carbocycles. The fraction of sp³-hybridized carbons (Fsp3) is 0.261. The van der Waals surface area contributed by atoms with Gasteiger partial charge in [-0.2, -0.15) is 0 Å². The van der Waals surface area contributed by atoms with Crippen LogP contribution in [0.1, 0.15) is 35.3 Å². The largest absolute Gasteiger partial charge is 0.324 e. The first-order valence-corrected chi connectivity index (χ1v) is 12.0. The molecule has 0 unspecified atom stereocenters. The number of anilines is 3. The number of nitrogens with zero attached hydrogens (tertiary/aromatic N) is 3. The SMILES string of the molecule is CC1(C)NCCc2cc(Nc3ncc4c(n3)SCN(c3c(Cl)cccc3Cl)C4=O)ccc21. The quantitative estimate of drug-likeness (QED) is 0.469. The highest BCUT2D eigenvalue weighted by molar-refractivity contribution is 7.99. The van der Waals surface area contributed by atoms with E-state index in [1.807, 2.05) is 6.07 Å². The van der Waals surface area contributed by atoms with Crippen LogP contribution in [0.2, 0.25) is 10.0 Å². The Morgan fingerprint density at radius 1 is 1.19 bits per heavy atom. The molecule has 0 spiro atoms. The van der Waals surface area contributed by atoms with Gasteiger partial charge in [-0.25, -0.2) is 9.97 Å². The Kier molecular flexibility index (Phi) is 5.53. The molecule has 0 radical (unpaired) electrons. The number of aromatic nitrogens is 2. The molecule has 2 aromatic carbocycles. The number of hydrogen-bond acceptors (Lipinski definition) is 6. The van der Waals surface area contributed by atoms with Gasteiger partial charge < -0.3 is 10.6 Å². The Labute approximate surface area is 200 Å². The minimum Gasteiger partial charge on any atom is -0.324 e. The molecule has 0 saturated heterocycles. The van der Waals surface area contributed by atoms with Crippen LogP contribution in [0, 0.1) is 0 Å². The van der Waals surface area contributed by atoms with Crippen molar-refractivity contribution < 1.29 is 4.79 Å². The standard InChI is InChI=1S/C23H21Cl2N5OS/c1-23(2)16-7-6-14(10-13(16)8-9-27-23)28-22-26-11-15-20(29-22)32-12-30(21(15)31)19-17(24)4-3-5-18(19)25/h3-7,10-11,27H,8-9,12H2,1-2H3,(H,26,28,29). The zero-order valence-electron chi connectivity index (χ0n) is 17.6. The molecule has 164 valence electrons. The number of hydrogen-bond donors (Lipinski definition) is 2. The normalized spacial score (nSPS) is 17.0. The fourth-order valence-corrected chi connectivity index (χ4v) is 5.69. The van der Waals surface area contributed by atoms with E-state index in [0.717, 1.165) is 18.7 Å². The Hall–Kier alpha value is -2.32. The number of carbonyl (C=O) groups excluding carboxylic acids is 1. The predicted molar refractivity (Wildman–Crippen MR) is 130 cm³/mol. The molecule has 5 rings (SSSR count). The first-order valence-electron chi connectivity index (χ1n) is 10.2. The van der Waals surface area contributed by atoms with Gasteiger partial charge in [-0.1, -0.05) is 47.1 Å².